The van der Waals surface area contributed by atoms with Crippen molar-refractivity contribution >= 4 is 17.4 Å². The van der Waals surface area contributed by atoms with Gasteiger partial charge in [-0.05, 0) is 13.8 Å². The predicted molar refractivity (Wildman–Crippen MR) is 66.7 cm³/mol. The molecule has 0 amide bonds. The summed E-state index contributed by atoms with van der Waals surface area (Å²) in [7, 11) is 1.91. The monoisotopic (exact) mass is 243 g/mol. The molecular formula is C11H13N7. The molecule has 3 aromatic heterocycles. The van der Waals surface area contributed by atoms with Crippen molar-refractivity contribution in [2.75, 3.05) is 5.32 Å². The van der Waals surface area contributed by atoms with Gasteiger partial charge in [-0.25, -0.2) is 4.98 Å². The Kier molecular flexibility index (Phi) is 2.26. The smallest absolute Gasteiger partial charge is 0.254 e. The van der Waals surface area contributed by atoms with Crippen molar-refractivity contribution < 1.29 is 0 Å². The number of hydrogen-bond donors (Lipinski definition) is 1. The fraction of sp³-hybridized carbons (Fsp3) is 0.273. The van der Waals surface area contributed by atoms with E-state index in [1.165, 1.54) is 6.33 Å². The molecule has 0 fully saturated rings. The SMILES string of the molecule is Cc1cc(Nc2cc(C)n(C)n2)n2ncnc2n1. The molecular weight excluding hydrogens is 230 g/mol. The summed E-state index contributed by atoms with van der Waals surface area (Å²) in [5, 5.41) is 11.7. The van der Waals surface area contributed by atoms with Gasteiger partial charge in [0.2, 0.25) is 0 Å². The van der Waals surface area contributed by atoms with Gasteiger partial charge in [0.15, 0.2) is 5.82 Å². The van der Waals surface area contributed by atoms with Crippen LogP contribution in [0.4, 0.5) is 11.6 Å². The van der Waals surface area contributed by atoms with E-state index in [2.05, 4.69) is 25.5 Å². The lowest BCUT2D eigenvalue weighted by molar-refractivity contribution is 0.742. The third-order valence-electron chi connectivity index (χ3n) is 2.75. The molecule has 0 atom stereocenters. The van der Waals surface area contributed by atoms with Crippen molar-refractivity contribution in [3.63, 3.8) is 0 Å². The van der Waals surface area contributed by atoms with E-state index in [1.54, 1.807) is 4.52 Å². The van der Waals surface area contributed by atoms with Gasteiger partial charge >= 0.3 is 0 Å². The van der Waals surface area contributed by atoms with Crippen LogP contribution in [0.2, 0.25) is 0 Å². The minimum atomic E-state index is 0.574. The average molecular weight is 243 g/mol. The van der Waals surface area contributed by atoms with Crippen LogP contribution in [0.3, 0.4) is 0 Å². The Morgan fingerprint density at radius 3 is 2.78 bits per heavy atom. The van der Waals surface area contributed by atoms with E-state index in [0.717, 1.165) is 23.0 Å². The van der Waals surface area contributed by atoms with E-state index in [9.17, 15) is 0 Å². The second kappa shape index (κ2) is 3.80. The summed E-state index contributed by atoms with van der Waals surface area (Å²) in [6.07, 6.45) is 1.48. The van der Waals surface area contributed by atoms with Crippen LogP contribution in [-0.2, 0) is 7.05 Å². The van der Waals surface area contributed by atoms with E-state index >= 15 is 0 Å². The first kappa shape index (κ1) is 10.7. The highest BCUT2D eigenvalue weighted by molar-refractivity contribution is 5.55. The number of fused-ring (bicyclic) bond motifs is 1. The van der Waals surface area contributed by atoms with Gasteiger partial charge in [-0.2, -0.15) is 19.7 Å². The highest BCUT2D eigenvalue weighted by Crippen LogP contribution is 2.16. The number of hydrogen-bond acceptors (Lipinski definition) is 5. The molecule has 0 aliphatic heterocycles. The van der Waals surface area contributed by atoms with E-state index in [1.807, 2.05) is 37.7 Å². The van der Waals surface area contributed by atoms with Crippen LogP contribution in [0.15, 0.2) is 18.5 Å². The molecule has 92 valence electrons. The van der Waals surface area contributed by atoms with Crippen LogP contribution in [0.25, 0.3) is 5.78 Å². The molecule has 0 saturated carbocycles. The molecule has 18 heavy (non-hydrogen) atoms. The molecule has 3 heterocycles. The first-order valence-corrected chi connectivity index (χ1v) is 5.58. The molecule has 0 aliphatic carbocycles. The summed E-state index contributed by atoms with van der Waals surface area (Å²) < 4.78 is 3.46. The van der Waals surface area contributed by atoms with Crippen LogP contribution >= 0.6 is 0 Å². The van der Waals surface area contributed by atoms with Crippen LogP contribution in [0, 0.1) is 13.8 Å². The van der Waals surface area contributed by atoms with Gasteiger partial charge < -0.3 is 5.32 Å². The fourth-order valence-electron chi connectivity index (χ4n) is 1.77. The average Bonchev–Trinajstić information content (AvgIpc) is 2.86. The number of rotatable bonds is 2. The van der Waals surface area contributed by atoms with Gasteiger partial charge in [-0.15, -0.1) is 0 Å². The molecule has 0 unspecified atom stereocenters. The molecule has 0 aliphatic rings. The topological polar surface area (TPSA) is 72.9 Å². The normalized spacial score (nSPS) is 11.1. The fourth-order valence-corrected chi connectivity index (χ4v) is 1.77. The number of aryl methyl sites for hydroxylation is 3. The van der Waals surface area contributed by atoms with Crippen molar-refractivity contribution in [3.8, 4) is 0 Å². The highest BCUT2D eigenvalue weighted by atomic mass is 15.4. The second-order valence-electron chi connectivity index (χ2n) is 4.17. The molecule has 0 bridgehead atoms. The van der Waals surface area contributed by atoms with Crippen molar-refractivity contribution in [1.82, 2.24) is 29.4 Å². The van der Waals surface area contributed by atoms with E-state index in [0.29, 0.717) is 5.78 Å². The van der Waals surface area contributed by atoms with Crippen molar-refractivity contribution in [1.29, 1.82) is 0 Å². The first-order valence-electron chi connectivity index (χ1n) is 5.58. The zero-order chi connectivity index (χ0) is 12.7. The van der Waals surface area contributed by atoms with Crippen LogP contribution in [-0.4, -0.2) is 29.4 Å². The zero-order valence-corrected chi connectivity index (χ0v) is 10.4. The molecule has 3 rings (SSSR count). The maximum absolute atomic E-state index is 4.35. The number of nitrogens with one attached hydrogen (secondary N) is 1. The zero-order valence-electron chi connectivity index (χ0n) is 10.4. The Morgan fingerprint density at radius 1 is 1.22 bits per heavy atom. The van der Waals surface area contributed by atoms with Gasteiger partial charge in [-0.3, -0.25) is 4.68 Å². The van der Waals surface area contributed by atoms with Crippen LogP contribution in [0.1, 0.15) is 11.4 Å². The van der Waals surface area contributed by atoms with E-state index < -0.39 is 0 Å². The maximum atomic E-state index is 4.35. The van der Waals surface area contributed by atoms with E-state index in [-0.39, 0.29) is 0 Å². The highest BCUT2D eigenvalue weighted by Gasteiger charge is 2.07. The van der Waals surface area contributed by atoms with Crippen LogP contribution in [0.5, 0.6) is 0 Å². The lowest BCUT2D eigenvalue weighted by atomic mass is 10.4. The van der Waals surface area contributed by atoms with Crippen LogP contribution < -0.4 is 5.32 Å². The Morgan fingerprint density at radius 2 is 2.06 bits per heavy atom. The summed E-state index contributed by atoms with van der Waals surface area (Å²) in [5.74, 6) is 2.15. The van der Waals surface area contributed by atoms with Gasteiger partial charge in [0.05, 0.1) is 0 Å². The summed E-state index contributed by atoms with van der Waals surface area (Å²) in [6.45, 7) is 3.92. The van der Waals surface area contributed by atoms with Gasteiger partial charge in [-0.1, -0.05) is 0 Å². The Hall–Kier alpha value is -2.44. The molecule has 0 radical (unpaired) electrons. The summed E-state index contributed by atoms with van der Waals surface area (Å²) in [6, 6.07) is 3.88. The molecule has 0 aromatic carbocycles. The van der Waals surface area contributed by atoms with Crippen molar-refractivity contribution in [2.45, 2.75) is 13.8 Å². The molecule has 0 spiro atoms. The Bertz CT molecular complexity index is 690. The van der Waals surface area contributed by atoms with E-state index in [4.69, 9.17) is 0 Å². The maximum Gasteiger partial charge on any atom is 0.254 e. The predicted octanol–water partition coefficient (Wildman–Crippen LogP) is 1.22. The molecule has 3 aromatic rings. The number of nitrogens with zero attached hydrogens (tertiary/aromatic N) is 6. The minimum Gasteiger partial charge on any atom is -0.323 e. The third-order valence-corrected chi connectivity index (χ3v) is 2.75. The summed E-state index contributed by atoms with van der Waals surface area (Å²) in [4.78, 5) is 8.36. The number of aromatic nitrogens is 6. The number of anilines is 2. The molecule has 0 saturated heterocycles. The van der Waals surface area contributed by atoms with Gasteiger partial charge in [0.25, 0.3) is 5.78 Å². The third kappa shape index (κ3) is 1.69. The van der Waals surface area contributed by atoms with Crippen molar-refractivity contribution in [2.24, 2.45) is 7.05 Å². The second-order valence-corrected chi connectivity index (χ2v) is 4.17. The van der Waals surface area contributed by atoms with Crippen molar-refractivity contribution in [3.05, 3.63) is 29.8 Å². The van der Waals surface area contributed by atoms with Gasteiger partial charge in [0.1, 0.15) is 12.1 Å². The molecule has 7 heteroatoms. The lowest BCUT2D eigenvalue weighted by Gasteiger charge is -2.05. The van der Waals surface area contributed by atoms with Gasteiger partial charge in [0, 0.05) is 30.6 Å². The Labute approximate surface area is 103 Å². The summed E-state index contributed by atoms with van der Waals surface area (Å²) >= 11 is 0. The largest absolute Gasteiger partial charge is 0.323 e. The standard InChI is InChI=1S/C11H13N7/c1-7-4-10(18-11(14-7)12-6-13-18)15-9-5-8(2)17(3)16-9/h4-6H,1-3H3,(H,15,16). The molecule has 1 N–H and O–H groups in total. The Balaban J connectivity index is 2.06. The first-order chi connectivity index (χ1) is 8.63. The summed E-state index contributed by atoms with van der Waals surface area (Å²) in [5.41, 5.74) is 1.96. The lowest BCUT2D eigenvalue weighted by Crippen LogP contribution is -2.03. The minimum absolute atomic E-state index is 0.574. The quantitative estimate of drug-likeness (QED) is 0.732. The molecule has 7 nitrogen and oxygen atoms in total.